The lowest BCUT2D eigenvalue weighted by Gasteiger charge is -2.29. The molecule has 148 valence electrons. The molecule has 1 heterocycles. The van der Waals surface area contributed by atoms with E-state index in [1.165, 1.54) is 11.1 Å². The molecule has 0 bridgehead atoms. The molecule has 1 amide bonds. The van der Waals surface area contributed by atoms with Crippen LogP contribution >= 0.6 is 24.8 Å². The van der Waals surface area contributed by atoms with Crippen molar-refractivity contribution in [1.82, 2.24) is 10.2 Å². The minimum Gasteiger partial charge on any atom is -0.355 e. The predicted octanol–water partition coefficient (Wildman–Crippen LogP) is 3.34. The van der Waals surface area contributed by atoms with Gasteiger partial charge < -0.3 is 11.1 Å². The van der Waals surface area contributed by atoms with Crippen molar-refractivity contribution in [3.63, 3.8) is 0 Å². The number of hydrogen-bond acceptors (Lipinski definition) is 3. The van der Waals surface area contributed by atoms with E-state index in [0.29, 0.717) is 6.54 Å². The molecule has 1 aliphatic rings. The topological polar surface area (TPSA) is 58.4 Å². The summed E-state index contributed by atoms with van der Waals surface area (Å²) in [7, 11) is 0. The summed E-state index contributed by atoms with van der Waals surface area (Å²) in [5.74, 6) is -0.224. The Hall–Kier alpha value is -1.59. The van der Waals surface area contributed by atoms with E-state index in [4.69, 9.17) is 5.73 Å². The molecule has 0 aromatic heterocycles. The van der Waals surface area contributed by atoms with E-state index in [1.54, 1.807) is 0 Å². The highest BCUT2D eigenvalue weighted by Crippen LogP contribution is 2.19. The quantitative estimate of drug-likeness (QED) is 0.768. The first-order valence-electron chi connectivity index (χ1n) is 9.02. The number of amides is 1. The van der Waals surface area contributed by atoms with Gasteiger partial charge >= 0.3 is 0 Å². The van der Waals surface area contributed by atoms with Gasteiger partial charge in [0.25, 0.3) is 0 Å². The molecule has 0 fully saturated rings. The van der Waals surface area contributed by atoms with Crippen LogP contribution in [0.15, 0.2) is 54.6 Å². The third-order valence-corrected chi connectivity index (χ3v) is 5.07. The van der Waals surface area contributed by atoms with Crippen LogP contribution in [0, 0.1) is 5.92 Å². The second-order valence-electron chi connectivity index (χ2n) is 6.81. The number of hydrogen-bond donors (Lipinski definition) is 2. The first-order chi connectivity index (χ1) is 12.1. The highest BCUT2D eigenvalue weighted by molar-refractivity contribution is 5.85. The summed E-state index contributed by atoms with van der Waals surface area (Å²) in [6, 6.07) is 18.1. The summed E-state index contributed by atoms with van der Waals surface area (Å²) in [5.41, 5.74) is 10.1. The lowest BCUT2D eigenvalue weighted by Crippen LogP contribution is -2.41. The third-order valence-electron chi connectivity index (χ3n) is 5.07. The Morgan fingerprint density at radius 3 is 2.41 bits per heavy atom. The molecule has 2 atom stereocenters. The summed E-state index contributed by atoms with van der Waals surface area (Å²) in [4.78, 5) is 14.8. The summed E-state index contributed by atoms with van der Waals surface area (Å²) < 4.78 is 0. The summed E-state index contributed by atoms with van der Waals surface area (Å²) >= 11 is 0. The van der Waals surface area contributed by atoms with Crippen LogP contribution in [0.2, 0.25) is 0 Å². The molecule has 0 saturated carbocycles. The number of benzene rings is 2. The molecule has 27 heavy (non-hydrogen) atoms. The molecule has 4 nitrogen and oxygen atoms in total. The molecule has 6 heteroatoms. The van der Waals surface area contributed by atoms with Crippen LogP contribution in [-0.4, -0.2) is 30.4 Å². The first-order valence-corrected chi connectivity index (χ1v) is 9.02. The molecule has 3 rings (SSSR count). The van der Waals surface area contributed by atoms with Crippen molar-refractivity contribution in [1.29, 1.82) is 0 Å². The fourth-order valence-electron chi connectivity index (χ4n) is 3.37. The zero-order chi connectivity index (χ0) is 17.6. The van der Waals surface area contributed by atoms with Gasteiger partial charge in [0.05, 0.1) is 5.92 Å². The molecule has 2 aromatic rings. The maximum Gasteiger partial charge on any atom is 0.224 e. The largest absolute Gasteiger partial charge is 0.355 e. The highest BCUT2D eigenvalue weighted by atomic mass is 35.5. The number of nitrogens with one attached hydrogen (secondary N) is 1. The number of halogens is 2. The molecule has 3 N–H and O–H groups in total. The van der Waals surface area contributed by atoms with Gasteiger partial charge in [0.15, 0.2) is 0 Å². The van der Waals surface area contributed by atoms with Crippen LogP contribution in [0.25, 0.3) is 0 Å². The molecule has 0 saturated heterocycles. The number of rotatable bonds is 6. The van der Waals surface area contributed by atoms with Crippen molar-refractivity contribution in [2.75, 3.05) is 19.6 Å². The fraction of sp³-hybridized carbons (Fsp3) is 0.381. The van der Waals surface area contributed by atoms with Crippen molar-refractivity contribution in [3.8, 4) is 0 Å². The number of carbonyl (C=O) groups excluding carboxylic acids is 1. The Labute approximate surface area is 174 Å². The van der Waals surface area contributed by atoms with Crippen LogP contribution in [0.5, 0.6) is 0 Å². The minimum absolute atomic E-state index is 0. The molecule has 2 unspecified atom stereocenters. The molecular formula is C21H29Cl2N3O. The molecule has 1 aliphatic heterocycles. The average molecular weight is 410 g/mol. The Bertz CT molecular complexity index is 712. The zero-order valence-electron chi connectivity index (χ0n) is 15.6. The third kappa shape index (κ3) is 6.22. The van der Waals surface area contributed by atoms with Crippen molar-refractivity contribution < 1.29 is 4.79 Å². The van der Waals surface area contributed by atoms with Crippen LogP contribution in [0.4, 0.5) is 0 Å². The zero-order valence-corrected chi connectivity index (χ0v) is 17.3. The van der Waals surface area contributed by atoms with Crippen molar-refractivity contribution in [2.45, 2.75) is 25.9 Å². The standard InChI is InChI=1S/C21H27N3O.2ClH/c1-16(20(22)18-8-3-2-4-9-18)21(25)23-12-14-24-13-11-17-7-5-6-10-19(17)15-24;;/h2-10,16,20H,11-15,22H2,1H3,(H,23,25);2*1H. The number of carbonyl (C=O) groups is 1. The highest BCUT2D eigenvalue weighted by Gasteiger charge is 2.22. The SMILES string of the molecule is CC(C(=O)NCCN1CCc2ccccc2C1)C(N)c1ccccc1.Cl.Cl. The second-order valence-corrected chi connectivity index (χ2v) is 6.81. The summed E-state index contributed by atoms with van der Waals surface area (Å²) in [6.07, 6.45) is 1.08. The maximum atomic E-state index is 12.4. The van der Waals surface area contributed by atoms with Gasteiger partial charge in [-0.2, -0.15) is 0 Å². The predicted molar refractivity (Wildman–Crippen MR) is 115 cm³/mol. The Kier molecular flexibility index (Phi) is 9.81. The van der Waals surface area contributed by atoms with Gasteiger partial charge in [0.1, 0.15) is 0 Å². The monoisotopic (exact) mass is 409 g/mol. The molecular weight excluding hydrogens is 381 g/mol. The van der Waals surface area contributed by atoms with E-state index in [9.17, 15) is 4.79 Å². The number of nitrogens with two attached hydrogens (primary N) is 1. The van der Waals surface area contributed by atoms with E-state index in [1.807, 2.05) is 37.3 Å². The molecule has 0 spiro atoms. The van der Waals surface area contributed by atoms with Gasteiger partial charge in [-0.15, -0.1) is 24.8 Å². The van der Waals surface area contributed by atoms with Crippen LogP contribution < -0.4 is 11.1 Å². The second kappa shape index (κ2) is 11.3. The molecule has 2 aromatic carbocycles. The Morgan fingerprint density at radius 1 is 1.07 bits per heavy atom. The average Bonchev–Trinajstić information content (AvgIpc) is 2.67. The van der Waals surface area contributed by atoms with Gasteiger partial charge in [-0.3, -0.25) is 9.69 Å². The van der Waals surface area contributed by atoms with Crippen LogP contribution in [0.3, 0.4) is 0 Å². The summed E-state index contributed by atoms with van der Waals surface area (Å²) in [6.45, 7) is 5.43. The van der Waals surface area contributed by atoms with E-state index < -0.39 is 0 Å². The summed E-state index contributed by atoms with van der Waals surface area (Å²) in [5, 5.41) is 3.04. The number of fused-ring (bicyclic) bond motifs is 1. The lowest BCUT2D eigenvalue weighted by molar-refractivity contribution is -0.125. The lowest BCUT2D eigenvalue weighted by atomic mass is 9.95. The van der Waals surface area contributed by atoms with E-state index in [0.717, 1.165) is 31.6 Å². The van der Waals surface area contributed by atoms with E-state index >= 15 is 0 Å². The molecule has 0 radical (unpaired) electrons. The smallest absolute Gasteiger partial charge is 0.224 e. The van der Waals surface area contributed by atoms with Gasteiger partial charge in [-0.05, 0) is 23.1 Å². The van der Waals surface area contributed by atoms with Gasteiger partial charge in [0.2, 0.25) is 5.91 Å². The van der Waals surface area contributed by atoms with Crippen LogP contribution in [0.1, 0.15) is 29.7 Å². The number of nitrogens with zero attached hydrogens (tertiary/aromatic N) is 1. The van der Waals surface area contributed by atoms with Crippen molar-refractivity contribution in [3.05, 3.63) is 71.3 Å². The van der Waals surface area contributed by atoms with Gasteiger partial charge in [0, 0.05) is 32.2 Å². The van der Waals surface area contributed by atoms with Crippen molar-refractivity contribution >= 4 is 30.7 Å². The first kappa shape index (κ1) is 23.4. The molecule has 0 aliphatic carbocycles. The Morgan fingerprint density at radius 2 is 1.70 bits per heavy atom. The van der Waals surface area contributed by atoms with Gasteiger partial charge in [-0.25, -0.2) is 0 Å². The van der Waals surface area contributed by atoms with Crippen LogP contribution in [-0.2, 0) is 17.8 Å². The van der Waals surface area contributed by atoms with Gasteiger partial charge in [-0.1, -0.05) is 61.5 Å². The Balaban J connectivity index is 0.00000182. The van der Waals surface area contributed by atoms with E-state index in [2.05, 4.69) is 34.5 Å². The normalized spacial score (nSPS) is 15.5. The fourth-order valence-corrected chi connectivity index (χ4v) is 3.37. The minimum atomic E-state index is -0.275. The van der Waals surface area contributed by atoms with E-state index in [-0.39, 0.29) is 42.7 Å². The maximum absolute atomic E-state index is 12.4. The van der Waals surface area contributed by atoms with Crippen molar-refractivity contribution in [2.24, 2.45) is 11.7 Å².